The highest BCUT2D eigenvalue weighted by Crippen LogP contribution is 2.28. The Morgan fingerprint density at radius 1 is 1.04 bits per heavy atom. The summed E-state index contributed by atoms with van der Waals surface area (Å²) >= 11 is 0. The number of benzene rings is 2. The molecule has 1 N–H and O–H groups in total. The molecule has 3 rings (SSSR count). The van der Waals surface area contributed by atoms with Gasteiger partial charge in [-0.15, -0.1) is 0 Å². The number of hydrogen-bond acceptors (Lipinski definition) is 4. The molecule has 7 heteroatoms. The first-order valence-electron chi connectivity index (χ1n) is 9.43. The van der Waals surface area contributed by atoms with Crippen LogP contribution in [0, 0.1) is 12.8 Å². The maximum Gasteiger partial charge on any atom is 0.243 e. The van der Waals surface area contributed by atoms with Crippen LogP contribution >= 0.6 is 0 Å². The lowest BCUT2D eigenvalue weighted by Crippen LogP contribution is -2.41. The van der Waals surface area contributed by atoms with Gasteiger partial charge in [-0.2, -0.15) is 4.31 Å². The van der Waals surface area contributed by atoms with E-state index < -0.39 is 10.0 Å². The van der Waals surface area contributed by atoms with Crippen LogP contribution in [-0.4, -0.2) is 45.8 Å². The van der Waals surface area contributed by atoms with Gasteiger partial charge in [0.25, 0.3) is 0 Å². The lowest BCUT2D eigenvalue weighted by molar-refractivity contribution is -0.120. The first kappa shape index (κ1) is 20.4. The van der Waals surface area contributed by atoms with Gasteiger partial charge in [0.1, 0.15) is 0 Å². The highest BCUT2D eigenvalue weighted by atomic mass is 32.2. The fraction of sp³-hybridized carbons (Fsp3) is 0.381. The monoisotopic (exact) mass is 401 g/mol. The second-order valence-corrected chi connectivity index (χ2v) is 9.33. The van der Waals surface area contributed by atoms with Crippen molar-refractivity contribution in [2.75, 3.05) is 37.4 Å². The van der Waals surface area contributed by atoms with Gasteiger partial charge in [-0.25, -0.2) is 8.42 Å². The Kier molecular flexibility index (Phi) is 6.05. The molecule has 2 aromatic rings. The van der Waals surface area contributed by atoms with E-state index in [9.17, 15) is 13.2 Å². The molecule has 0 atom stereocenters. The molecule has 0 saturated carbocycles. The first-order chi connectivity index (χ1) is 13.3. The van der Waals surface area contributed by atoms with Crippen LogP contribution in [0.5, 0.6) is 0 Å². The summed E-state index contributed by atoms with van der Waals surface area (Å²) in [6, 6.07) is 14.5. The molecule has 1 saturated heterocycles. The van der Waals surface area contributed by atoms with Gasteiger partial charge in [-0.1, -0.05) is 29.8 Å². The summed E-state index contributed by atoms with van der Waals surface area (Å²) in [4.78, 5) is 15.0. The molecule has 1 aliphatic rings. The molecule has 1 aliphatic heterocycles. The Hall–Kier alpha value is -2.38. The number of amides is 1. The lowest BCUT2D eigenvalue weighted by atomic mass is 9.97. The maximum absolute atomic E-state index is 12.8. The number of carbonyl (C=O) groups excluding carboxylic acids is 1. The zero-order valence-electron chi connectivity index (χ0n) is 16.6. The third-order valence-electron chi connectivity index (χ3n) is 5.13. The standard InChI is InChI=1S/C21H27N3O3S/c1-16-8-10-18(11-9-16)28(26,27)24-14-12-17(13-15-24)21(25)22-19-6-4-5-7-20(19)23(2)3/h4-11,17H,12-15H2,1-3H3,(H,22,25). The van der Waals surface area contributed by atoms with Crippen molar-refractivity contribution in [3.63, 3.8) is 0 Å². The van der Waals surface area contributed by atoms with Crippen LogP contribution in [0.4, 0.5) is 11.4 Å². The molecule has 0 bridgehead atoms. The second-order valence-electron chi connectivity index (χ2n) is 7.39. The number of aryl methyl sites for hydroxylation is 1. The fourth-order valence-electron chi connectivity index (χ4n) is 3.42. The highest BCUT2D eigenvalue weighted by Gasteiger charge is 2.32. The van der Waals surface area contributed by atoms with Crippen molar-refractivity contribution >= 4 is 27.3 Å². The Morgan fingerprint density at radius 2 is 1.64 bits per heavy atom. The topological polar surface area (TPSA) is 69.7 Å². The highest BCUT2D eigenvalue weighted by molar-refractivity contribution is 7.89. The number of anilines is 2. The summed E-state index contributed by atoms with van der Waals surface area (Å²) in [7, 11) is 0.350. The number of carbonyl (C=O) groups is 1. The Labute approximate surface area is 167 Å². The van der Waals surface area contributed by atoms with Crippen LogP contribution in [-0.2, 0) is 14.8 Å². The first-order valence-corrected chi connectivity index (χ1v) is 10.9. The largest absolute Gasteiger partial charge is 0.376 e. The van der Waals surface area contributed by atoms with Crippen molar-refractivity contribution in [1.82, 2.24) is 4.31 Å². The third-order valence-corrected chi connectivity index (χ3v) is 7.04. The molecule has 150 valence electrons. The van der Waals surface area contributed by atoms with Crippen LogP contribution in [0.2, 0.25) is 0 Å². The summed E-state index contributed by atoms with van der Waals surface area (Å²) in [6.45, 7) is 2.63. The summed E-state index contributed by atoms with van der Waals surface area (Å²) in [5, 5.41) is 3.00. The van der Waals surface area contributed by atoms with Gasteiger partial charge in [-0.3, -0.25) is 4.79 Å². The van der Waals surface area contributed by atoms with E-state index in [0.717, 1.165) is 16.9 Å². The van der Waals surface area contributed by atoms with E-state index in [1.807, 2.05) is 50.2 Å². The van der Waals surface area contributed by atoms with E-state index in [2.05, 4.69) is 5.32 Å². The van der Waals surface area contributed by atoms with E-state index in [1.165, 1.54) is 4.31 Å². The molecule has 1 heterocycles. The van der Waals surface area contributed by atoms with E-state index in [1.54, 1.807) is 24.3 Å². The number of para-hydroxylation sites is 2. The molecule has 28 heavy (non-hydrogen) atoms. The van der Waals surface area contributed by atoms with Crippen molar-refractivity contribution in [1.29, 1.82) is 0 Å². The zero-order valence-corrected chi connectivity index (χ0v) is 17.4. The smallest absolute Gasteiger partial charge is 0.243 e. The van der Waals surface area contributed by atoms with Gasteiger partial charge in [0, 0.05) is 33.1 Å². The summed E-state index contributed by atoms with van der Waals surface area (Å²) in [6.07, 6.45) is 1.03. The van der Waals surface area contributed by atoms with Gasteiger partial charge in [0.15, 0.2) is 0 Å². The average molecular weight is 402 g/mol. The van der Waals surface area contributed by atoms with E-state index in [4.69, 9.17) is 0 Å². The molecule has 6 nitrogen and oxygen atoms in total. The number of nitrogens with zero attached hydrogens (tertiary/aromatic N) is 2. The quantitative estimate of drug-likeness (QED) is 0.836. The molecule has 0 aromatic heterocycles. The Bertz CT molecular complexity index is 932. The van der Waals surface area contributed by atoms with Gasteiger partial charge in [0.05, 0.1) is 16.3 Å². The zero-order chi connectivity index (χ0) is 20.3. The Morgan fingerprint density at radius 3 is 2.25 bits per heavy atom. The van der Waals surface area contributed by atoms with Gasteiger partial charge in [-0.05, 0) is 44.0 Å². The van der Waals surface area contributed by atoms with Crippen LogP contribution in [0.3, 0.4) is 0 Å². The van der Waals surface area contributed by atoms with Crippen molar-refractivity contribution in [3.05, 3.63) is 54.1 Å². The van der Waals surface area contributed by atoms with E-state index >= 15 is 0 Å². The SMILES string of the molecule is Cc1ccc(S(=O)(=O)N2CCC(C(=O)Nc3ccccc3N(C)C)CC2)cc1. The third kappa shape index (κ3) is 4.36. The van der Waals surface area contributed by atoms with E-state index in [-0.39, 0.29) is 11.8 Å². The molecule has 0 aliphatic carbocycles. The van der Waals surface area contributed by atoms with Crippen LogP contribution in [0.25, 0.3) is 0 Å². The van der Waals surface area contributed by atoms with Crippen LogP contribution < -0.4 is 10.2 Å². The second kappa shape index (κ2) is 8.32. The van der Waals surface area contributed by atoms with Crippen molar-refractivity contribution in [3.8, 4) is 0 Å². The molecular formula is C21H27N3O3S. The van der Waals surface area contributed by atoms with E-state index in [0.29, 0.717) is 30.8 Å². The predicted molar refractivity (Wildman–Crippen MR) is 112 cm³/mol. The number of sulfonamides is 1. The van der Waals surface area contributed by atoms with Crippen molar-refractivity contribution < 1.29 is 13.2 Å². The lowest BCUT2D eigenvalue weighted by Gasteiger charge is -2.31. The van der Waals surface area contributed by atoms with Gasteiger partial charge in [0.2, 0.25) is 15.9 Å². The normalized spacial score (nSPS) is 16.0. The number of rotatable bonds is 5. The molecule has 0 radical (unpaired) electrons. The van der Waals surface area contributed by atoms with Crippen molar-refractivity contribution in [2.45, 2.75) is 24.7 Å². The van der Waals surface area contributed by atoms with Crippen LogP contribution in [0.1, 0.15) is 18.4 Å². The molecule has 0 unspecified atom stereocenters. The number of nitrogens with one attached hydrogen (secondary N) is 1. The summed E-state index contributed by atoms with van der Waals surface area (Å²) < 4.78 is 27.1. The molecular weight excluding hydrogens is 374 g/mol. The molecule has 1 fully saturated rings. The molecule has 0 spiro atoms. The van der Waals surface area contributed by atoms with Gasteiger partial charge >= 0.3 is 0 Å². The summed E-state index contributed by atoms with van der Waals surface area (Å²) in [5.74, 6) is -0.249. The predicted octanol–water partition coefficient (Wildman–Crippen LogP) is 3.10. The molecule has 1 amide bonds. The van der Waals surface area contributed by atoms with Crippen LogP contribution in [0.15, 0.2) is 53.4 Å². The fourth-order valence-corrected chi connectivity index (χ4v) is 4.89. The van der Waals surface area contributed by atoms with Crippen molar-refractivity contribution in [2.24, 2.45) is 5.92 Å². The minimum atomic E-state index is -3.51. The summed E-state index contributed by atoms with van der Waals surface area (Å²) in [5.41, 5.74) is 2.73. The Balaban J connectivity index is 1.64. The number of hydrogen-bond donors (Lipinski definition) is 1. The average Bonchev–Trinajstić information content (AvgIpc) is 2.68. The minimum absolute atomic E-state index is 0.0540. The maximum atomic E-state index is 12.8. The number of piperidine rings is 1. The van der Waals surface area contributed by atoms with Gasteiger partial charge < -0.3 is 10.2 Å². The minimum Gasteiger partial charge on any atom is -0.376 e. The molecule has 2 aromatic carbocycles.